The first kappa shape index (κ1) is 5.02. The van der Waals surface area contributed by atoms with Crippen molar-refractivity contribution >= 4 is 31.5 Å². The number of nitrogens with one attached hydrogen (secondary N) is 1. The van der Waals surface area contributed by atoms with Crippen LogP contribution in [0.5, 0.6) is 0 Å². The molecule has 0 spiro atoms. The van der Waals surface area contributed by atoms with Crippen LogP contribution in [-0.4, -0.2) is 22.4 Å². The van der Waals surface area contributed by atoms with E-state index in [9.17, 15) is 0 Å². The van der Waals surface area contributed by atoms with E-state index in [1.807, 2.05) is 11.9 Å². The van der Waals surface area contributed by atoms with Gasteiger partial charge >= 0.3 is 0 Å². The molecule has 0 atom stereocenters. The number of hydrazone groups is 1. The number of hydrogen-bond donors (Lipinski definition) is 1. The van der Waals surface area contributed by atoms with E-state index in [0.29, 0.717) is 0 Å². The molecule has 0 unspecified atom stereocenters. The minimum absolute atomic E-state index is 0.0275. The van der Waals surface area contributed by atoms with Gasteiger partial charge < -0.3 is 4.90 Å². The average Bonchev–Trinajstić information content (AvgIpc) is 1.69. The minimum atomic E-state index is 0.0275. The molecule has 0 saturated heterocycles. The number of hydrogen-bond acceptors (Lipinski definition) is 3. The van der Waals surface area contributed by atoms with Crippen molar-refractivity contribution in [2.45, 2.75) is 0 Å². The summed E-state index contributed by atoms with van der Waals surface area (Å²) in [5, 5.41) is 3.83. The Kier molecular flexibility index (Phi) is 1.61. The molecule has 1 aliphatic rings. The minimum Gasteiger partial charge on any atom is -0.334 e. The van der Waals surface area contributed by atoms with E-state index in [1.54, 1.807) is 6.34 Å². The first-order valence-electron chi connectivity index (χ1n) is 1.85. The topological polar surface area (TPSA) is 27.6 Å². The van der Waals surface area contributed by atoms with Crippen LogP contribution in [0, 0.1) is 0 Å². The molecule has 0 bridgehead atoms. The van der Waals surface area contributed by atoms with E-state index >= 15 is 0 Å². The van der Waals surface area contributed by atoms with Crippen LogP contribution in [0.3, 0.4) is 0 Å². The SMILES string of the molecule is CN1C=NNI=C1. The molecule has 1 rings (SSSR count). The van der Waals surface area contributed by atoms with Gasteiger partial charge in [0.1, 0.15) is 6.34 Å². The Morgan fingerprint density at radius 2 is 2.71 bits per heavy atom. The molecule has 0 aromatic heterocycles. The smallest absolute Gasteiger partial charge is 0.116 e. The van der Waals surface area contributed by atoms with Crippen LogP contribution < -0.4 is 3.64 Å². The fourth-order valence-corrected chi connectivity index (χ4v) is 1.26. The highest BCUT2D eigenvalue weighted by Gasteiger charge is 1.85. The van der Waals surface area contributed by atoms with Crippen LogP contribution in [0.4, 0.5) is 0 Å². The molecule has 1 N–H and O–H groups in total. The summed E-state index contributed by atoms with van der Waals surface area (Å²) in [6.45, 7) is 0. The van der Waals surface area contributed by atoms with Crippen LogP contribution in [0.1, 0.15) is 0 Å². The molecule has 7 heavy (non-hydrogen) atoms. The zero-order valence-corrected chi connectivity index (χ0v) is 6.08. The molecule has 3 nitrogen and oxygen atoms in total. The molecular formula is C3H6IN3. The van der Waals surface area contributed by atoms with Gasteiger partial charge in [-0.1, -0.05) is 0 Å². The van der Waals surface area contributed by atoms with E-state index in [2.05, 4.69) is 12.9 Å². The molecule has 40 valence electrons. The maximum atomic E-state index is 3.83. The third kappa shape index (κ3) is 1.42. The highest BCUT2D eigenvalue weighted by molar-refractivity contribution is 14.2. The Labute approximate surface area is 52.5 Å². The molecular weight excluding hydrogens is 205 g/mol. The third-order valence-corrected chi connectivity index (χ3v) is 2.25. The zero-order valence-electron chi connectivity index (χ0n) is 3.93. The number of rotatable bonds is 0. The van der Waals surface area contributed by atoms with E-state index in [1.165, 1.54) is 0 Å². The Bertz CT molecular complexity index is 96.7. The first-order valence-corrected chi connectivity index (χ1v) is 4.18. The van der Waals surface area contributed by atoms with Gasteiger partial charge in [-0.3, -0.25) is 3.64 Å². The molecule has 0 aliphatic carbocycles. The predicted molar refractivity (Wildman–Crippen MR) is 39.5 cm³/mol. The Hall–Kier alpha value is -0.130. The van der Waals surface area contributed by atoms with Crippen LogP contribution in [-0.2, 0) is 0 Å². The Morgan fingerprint density at radius 3 is 3.00 bits per heavy atom. The van der Waals surface area contributed by atoms with Gasteiger partial charge in [0.25, 0.3) is 0 Å². The van der Waals surface area contributed by atoms with Crippen LogP contribution in [0.15, 0.2) is 5.10 Å². The van der Waals surface area contributed by atoms with Gasteiger partial charge in [-0.25, -0.2) is 0 Å². The summed E-state index contributed by atoms with van der Waals surface area (Å²) >= 11 is 0.0275. The summed E-state index contributed by atoms with van der Waals surface area (Å²) in [6, 6.07) is 0. The second-order valence-electron chi connectivity index (χ2n) is 1.20. The van der Waals surface area contributed by atoms with Crippen LogP contribution in [0.2, 0.25) is 0 Å². The van der Waals surface area contributed by atoms with Gasteiger partial charge in [-0.15, -0.1) is 0 Å². The maximum Gasteiger partial charge on any atom is 0.116 e. The summed E-state index contributed by atoms with van der Waals surface area (Å²) in [6.07, 6.45) is 1.75. The van der Waals surface area contributed by atoms with E-state index in [4.69, 9.17) is 0 Å². The molecule has 0 fully saturated rings. The fourth-order valence-electron chi connectivity index (χ4n) is 0.265. The lowest BCUT2D eigenvalue weighted by Crippen LogP contribution is -2.16. The van der Waals surface area contributed by atoms with Gasteiger partial charge in [0.05, 0.1) is 4.14 Å². The standard InChI is InChI=1S/C3H6IN3/c1-7-2-4-6-5-3-7/h2-3,6H,1H3. The summed E-state index contributed by atoms with van der Waals surface area (Å²) in [5.41, 5.74) is 0. The molecule has 1 heterocycles. The van der Waals surface area contributed by atoms with E-state index in [0.717, 1.165) is 0 Å². The third-order valence-electron chi connectivity index (χ3n) is 0.540. The van der Waals surface area contributed by atoms with Gasteiger partial charge in [-0.2, -0.15) is 5.10 Å². The monoisotopic (exact) mass is 211 g/mol. The van der Waals surface area contributed by atoms with Crippen molar-refractivity contribution < 1.29 is 0 Å². The van der Waals surface area contributed by atoms with Crippen molar-refractivity contribution in [2.75, 3.05) is 7.05 Å². The lowest BCUT2D eigenvalue weighted by atomic mass is 11.0. The van der Waals surface area contributed by atoms with Crippen molar-refractivity contribution in [3.63, 3.8) is 0 Å². The molecule has 1 aliphatic heterocycles. The fraction of sp³-hybridized carbons (Fsp3) is 0.333. The van der Waals surface area contributed by atoms with Crippen LogP contribution >= 0.6 is 21.0 Å². The number of halogens is 1. The van der Waals surface area contributed by atoms with Crippen molar-refractivity contribution in [3.8, 4) is 0 Å². The van der Waals surface area contributed by atoms with Gasteiger partial charge in [0.15, 0.2) is 0 Å². The van der Waals surface area contributed by atoms with Crippen molar-refractivity contribution in [1.29, 1.82) is 0 Å². The average molecular weight is 211 g/mol. The second-order valence-corrected chi connectivity index (χ2v) is 2.86. The largest absolute Gasteiger partial charge is 0.334 e. The lowest BCUT2D eigenvalue weighted by Gasteiger charge is -2.07. The Morgan fingerprint density at radius 1 is 1.86 bits per heavy atom. The van der Waals surface area contributed by atoms with E-state index < -0.39 is 0 Å². The molecule has 0 amide bonds. The summed E-state index contributed by atoms with van der Waals surface area (Å²) < 4.78 is 5.01. The van der Waals surface area contributed by atoms with E-state index in [-0.39, 0.29) is 21.0 Å². The highest BCUT2D eigenvalue weighted by atomic mass is 127. The highest BCUT2D eigenvalue weighted by Crippen LogP contribution is 1.90. The van der Waals surface area contributed by atoms with Crippen molar-refractivity contribution in [2.24, 2.45) is 5.10 Å². The zero-order chi connectivity index (χ0) is 5.11. The number of nitrogens with zero attached hydrogens (tertiary/aromatic N) is 2. The predicted octanol–water partition coefficient (Wildman–Crippen LogP) is 0.110. The second kappa shape index (κ2) is 2.25. The van der Waals surface area contributed by atoms with Crippen molar-refractivity contribution in [1.82, 2.24) is 8.54 Å². The quantitative estimate of drug-likeness (QED) is 0.455. The van der Waals surface area contributed by atoms with Gasteiger partial charge in [-0.05, 0) is 0 Å². The van der Waals surface area contributed by atoms with Crippen molar-refractivity contribution in [3.05, 3.63) is 0 Å². The van der Waals surface area contributed by atoms with Gasteiger partial charge in [0, 0.05) is 28.1 Å². The summed E-state index contributed by atoms with van der Waals surface area (Å²) in [4.78, 5) is 1.96. The maximum absolute atomic E-state index is 3.83. The van der Waals surface area contributed by atoms with Crippen LogP contribution in [0.25, 0.3) is 0 Å². The normalized spacial score (nSPS) is 18.1. The summed E-state index contributed by atoms with van der Waals surface area (Å²) in [7, 11) is 1.98. The van der Waals surface area contributed by atoms with Gasteiger partial charge in [0.2, 0.25) is 0 Å². The molecule has 0 aromatic rings. The molecule has 0 radical (unpaired) electrons. The summed E-state index contributed by atoms with van der Waals surface area (Å²) in [5.74, 6) is 0. The first-order chi connectivity index (χ1) is 3.39. The molecule has 4 heteroatoms. The lowest BCUT2D eigenvalue weighted by molar-refractivity contribution is 0.805. The molecule has 0 aromatic carbocycles. The Balaban J connectivity index is 2.49. The molecule has 0 saturated carbocycles.